The fourth-order valence-corrected chi connectivity index (χ4v) is 6.98. The summed E-state index contributed by atoms with van der Waals surface area (Å²) in [7, 11) is 0. The summed E-state index contributed by atoms with van der Waals surface area (Å²) in [6.45, 7) is 4.69. The van der Waals surface area contributed by atoms with E-state index in [0.717, 1.165) is 27.2 Å². The predicted octanol–water partition coefficient (Wildman–Crippen LogP) is 4.68. The van der Waals surface area contributed by atoms with Crippen LogP contribution in [0.5, 0.6) is 0 Å². The first-order valence-electron chi connectivity index (χ1n) is 14.3. The van der Waals surface area contributed by atoms with Crippen molar-refractivity contribution in [2.75, 3.05) is 11.9 Å². The van der Waals surface area contributed by atoms with Crippen LogP contribution in [0.2, 0.25) is 0 Å². The zero-order chi connectivity index (χ0) is 29.7. The van der Waals surface area contributed by atoms with Crippen LogP contribution in [0.15, 0.2) is 72.8 Å². The van der Waals surface area contributed by atoms with Gasteiger partial charge < -0.3 is 10.1 Å². The second-order valence-electron chi connectivity index (χ2n) is 11.7. The third-order valence-electron chi connectivity index (χ3n) is 8.68. The Morgan fingerprint density at radius 1 is 0.786 bits per heavy atom. The second kappa shape index (κ2) is 10.7. The summed E-state index contributed by atoms with van der Waals surface area (Å²) in [5, 5.41) is 2.64. The average molecular weight is 565 g/mol. The van der Waals surface area contributed by atoms with Crippen LogP contribution >= 0.6 is 0 Å². The molecule has 1 N–H and O–H groups in total. The zero-order valence-electron chi connectivity index (χ0n) is 23.7. The van der Waals surface area contributed by atoms with Crippen molar-refractivity contribution in [3.8, 4) is 0 Å². The SMILES string of the molecule is CC(=O)c1ccc(NC(=O)COC(=O)[C@H](CC(C)C)N2C(=O)[C@@H]3C4c5ccccc5C(c5ccccc54)[C@@H]3C2=O)cc1. The fraction of sp³-hybridized carbons (Fsp3) is 0.324. The molecule has 3 aliphatic carbocycles. The topological polar surface area (TPSA) is 110 Å². The number of nitrogens with zero attached hydrogens (tertiary/aromatic N) is 1. The Labute approximate surface area is 244 Å². The summed E-state index contributed by atoms with van der Waals surface area (Å²) in [6.07, 6.45) is 0.221. The molecule has 1 heterocycles. The minimum Gasteiger partial charge on any atom is -0.454 e. The van der Waals surface area contributed by atoms with Crippen molar-refractivity contribution in [2.24, 2.45) is 17.8 Å². The number of carbonyl (C=O) groups is 5. The third kappa shape index (κ3) is 4.51. The molecule has 0 aromatic heterocycles. The van der Waals surface area contributed by atoms with Gasteiger partial charge in [0.25, 0.3) is 5.91 Å². The molecule has 3 amide bonds. The van der Waals surface area contributed by atoms with Crippen molar-refractivity contribution in [1.82, 2.24) is 4.90 Å². The van der Waals surface area contributed by atoms with E-state index in [9.17, 15) is 24.0 Å². The number of likely N-dealkylation sites (tertiary alicyclic amines) is 1. The Morgan fingerprint density at radius 3 is 1.69 bits per heavy atom. The predicted molar refractivity (Wildman–Crippen MR) is 155 cm³/mol. The lowest BCUT2D eigenvalue weighted by molar-refractivity contribution is -0.160. The first-order valence-corrected chi connectivity index (χ1v) is 14.3. The quantitative estimate of drug-likeness (QED) is 0.242. The van der Waals surface area contributed by atoms with E-state index in [4.69, 9.17) is 4.74 Å². The van der Waals surface area contributed by atoms with Gasteiger partial charge in [-0.3, -0.25) is 24.1 Å². The van der Waals surface area contributed by atoms with Crippen LogP contribution < -0.4 is 5.32 Å². The van der Waals surface area contributed by atoms with Crippen LogP contribution in [-0.4, -0.2) is 47.0 Å². The molecule has 0 radical (unpaired) electrons. The smallest absolute Gasteiger partial charge is 0.329 e. The first-order chi connectivity index (χ1) is 20.2. The average Bonchev–Trinajstić information content (AvgIpc) is 3.24. The van der Waals surface area contributed by atoms with Crippen molar-refractivity contribution in [2.45, 2.75) is 45.1 Å². The maximum absolute atomic E-state index is 14.1. The van der Waals surface area contributed by atoms with Crippen LogP contribution in [-0.2, 0) is 23.9 Å². The molecule has 0 spiro atoms. The summed E-state index contributed by atoms with van der Waals surface area (Å²) in [5.74, 6) is -3.94. The van der Waals surface area contributed by atoms with Gasteiger partial charge >= 0.3 is 5.97 Å². The summed E-state index contributed by atoms with van der Waals surface area (Å²) in [4.78, 5) is 66.9. The molecule has 4 aliphatic rings. The summed E-state index contributed by atoms with van der Waals surface area (Å²) in [5.41, 5.74) is 5.19. The third-order valence-corrected chi connectivity index (χ3v) is 8.68. The van der Waals surface area contributed by atoms with Gasteiger partial charge in [0.05, 0.1) is 11.8 Å². The number of esters is 1. The number of hydrogen-bond acceptors (Lipinski definition) is 6. The molecule has 8 heteroatoms. The van der Waals surface area contributed by atoms with E-state index >= 15 is 0 Å². The highest BCUT2D eigenvalue weighted by Crippen LogP contribution is 2.61. The van der Waals surface area contributed by atoms with Crippen LogP contribution in [0.1, 0.15) is 71.6 Å². The number of ketones is 1. The lowest BCUT2D eigenvalue weighted by Gasteiger charge is -2.45. The van der Waals surface area contributed by atoms with Gasteiger partial charge in [0.2, 0.25) is 11.8 Å². The lowest BCUT2D eigenvalue weighted by atomic mass is 9.55. The largest absolute Gasteiger partial charge is 0.454 e. The summed E-state index contributed by atoms with van der Waals surface area (Å²) < 4.78 is 5.41. The number of nitrogens with one attached hydrogen (secondary N) is 1. The minimum absolute atomic E-state index is 0.0227. The normalized spacial score (nSPS) is 22.3. The highest BCUT2D eigenvalue weighted by Gasteiger charge is 2.63. The number of amides is 3. The standard InChI is InChI=1S/C34H32N2O6/c1-18(2)16-26(34(41)42-17-27(38)35-21-14-12-20(13-15-21)19(3)37)36-32(39)30-28-22-8-4-5-9-23(22)29(31(30)33(36)40)25-11-7-6-10-24(25)28/h4-15,18,26,28-31H,16-17H2,1-3H3,(H,35,38)/t26-,28?,29?,30-,31+/m0/s1. The highest BCUT2D eigenvalue weighted by molar-refractivity contribution is 6.10. The number of anilines is 1. The van der Waals surface area contributed by atoms with Gasteiger partial charge in [0.15, 0.2) is 12.4 Å². The molecule has 214 valence electrons. The van der Waals surface area contributed by atoms with E-state index in [-0.39, 0.29) is 41.8 Å². The Morgan fingerprint density at radius 2 is 1.26 bits per heavy atom. The Kier molecular flexibility index (Phi) is 7.01. The fourth-order valence-electron chi connectivity index (χ4n) is 6.98. The van der Waals surface area contributed by atoms with Gasteiger partial charge in [-0.2, -0.15) is 0 Å². The van der Waals surface area contributed by atoms with Gasteiger partial charge in [-0.05, 0) is 65.8 Å². The van der Waals surface area contributed by atoms with Crippen molar-refractivity contribution >= 4 is 35.2 Å². The van der Waals surface area contributed by atoms with Crippen molar-refractivity contribution in [1.29, 1.82) is 0 Å². The molecular weight excluding hydrogens is 532 g/mol. The molecule has 2 bridgehead atoms. The molecule has 1 aliphatic heterocycles. The number of hydrogen-bond donors (Lipinski definition) is 1. The first kappa shape index (κ1) is 27.6. The van der Waals surface area contributed by atoms with Gasteiger partial charge in [0.1, 0.15) is 6.04 Å². The Bertz CT molecular complexity index is 1490. The van der Waals surface area contributed by atoms with Gasteiger partial charge in [0, 0.05) is 23.1 Å². The van der Waals surface area contributed by atoms with E-state index in [2.05, 4.69) is 5.32 Å². The molecule has 0 saturated carbocycles. The number of ether oxygens (including phenoxy) is 1. The van der Waals surface area contributed by atoms with Crippen LogP contribution in [0.3, 0.4) is 0 Å². The molecule has 7 rings (SSSR count). The molecule has 42 heavy (non-hydrogen) atoms. The monoisotopic (exact) mass is 564 g/mol. The molecule has 0 unspecified atom stereocenters. The lowest BCUT2D eigenvalue weighted by Crippen LogP contribution is -2.47. The number of imide groups is 1. The summed E-state index contributed by atoms with van der Waals surface area (Å²) in [6, 6.07) is 21.2. The Hall–Kier alpha value is -4.59. The van der Waals surface area contributed by atoms with Crippen molar-refractivity contribution < 1.29 is 28.7 Å². The molecule has 3 aromatic carbocycles. The number of rotatable bonds is 8. The van der Waals surface area contributed by atoms with Crippen LogP contribution in [0.25, 0.3) is 0 Å². The zero-order valence-corrected chi connectivity index (χ0v) is 23.7. The van der Waals surface area contributed by atoms with Gasteiger partial charge in [-0.15, -0.1) is 0 Å². The number of benzene rings is 3. The van der Waals surface area contributed by atoms with Gasteiger partial charge in [-0.25, -0.2) is 4.79 Å². The van der Waals surface area contributed by atoms with E-state index in [1.807, 2.05) is 62.4 Å². The molecule has 3 atom stereocenters. The van der Waals surface area contributed by atoms with E-state index in [1.165, 1.54) is 6.92 Å². The maximum atomic E-state index is 14.1. The van der Waals surface area contributed by atoms with E-state index < -0.39 is 36.4 Å². The van der Waals surface area contributed by atoms with E-state index in [0.29, 0.717) is 11.3 Å². The summed E-state index contributed by atoms with van der Waals surface area (Å²) >= 11 is 0. The number of carbonyl (C=O) groups excluding carboxylic acids is 5. The Balaban J connectivity index is 1.24. The molecular formula is C34H32N2O6. The number of Topliss-reactive ketones (excluding diaryl/α,β-unsaturated/α-hetero) is 1. The molecule has 1 fully saturated rings. The van der Waals surface area contributed by atoms with E-state index in [1.54, 1.807) is 24.3 Å². The van der Waals surface area contributed by atoms with Crippen LogP contribution in [0.4, 0.5) is 5.69 Å². The van der Waals surface area contributed by atoms with Gasteiger partial charge in [-0.1, -0.05) is 62.4 Å². The van der Waals surface area contributed by atoms with Crippen molar-refractivity contribution in [3.63, 3.8) is 0 Å². The highest BCUT2D eigenvalue weighted by atomic mass is 16.5. The molecule has 3 aromatic rings. The molecule has 1 saturated heterocycles. The molecule has 8 nitrogen and oxygen atoms in total. The minimum atomic E-state index is -1.14. The second-order valence-corrected chi connectivity index (χ2v) is 11.7. The maximum Gasteiger partial charge on any atom is 0.329 e. The van der Waals surface area contributed by atoms with Crippen molar-refractivity contribution in [3.05, 3.63) is 101 Å². The van der Waals surface area contributed by atoms with Crippen LogP contribution in [0, 0.1) is 17.8 Å².